The molecule has 0 aliphatic rings. The summed E-state index contributed by atoms with van der Waals surface area (Å²) in [7, 11) is 0. The van der Waals surface area contributed by atoms with Gasteiger partial charge in [-0.25, -0.2) is 4.79 Å². The topological polar surface area (TPSA) is 83.9 Å². The van der Waals surface area contributed by atoms with Crippen molar-refractivity contribution in [3.8, 4) is 0 Å². The highest BCUT2D eigenvalue weighted by molar-refractivity contribution is 5.87. The molecule has 154 valence electrons. The SMILES string of the molecule is C=C(C)C(=O)OCCCC(=O)CN(CC(=O)O)Cc1ccc(C(C)CC)cc1. The van der Waals surface area contributed by atoms with Crippen LogP contribution in [0.3, 0.4) is 0 Å². The van der Waals surface area contributed by atoms with E-state index in [4.69, 9.17) is 9.84 Å². The monoisotopic (exact) mass is 389 g/mol. The standard InChI is InChI=1S/C22H31NO5/c1-5-17(4)19-10-8-18(9-11-19)13-23(15-21(25)26)14-20(24)7-6-12-28-22(27)16(2)3/h8-11,17H,2,5-7,12-15H2,1,3-4H3,(H,25,26). The lowest BCUT2D eigenvalue weighted by atomic mass is 9.97. The molecular weight excluding hydrogens is 358 g/mol. The van der Waals surface area contributed by atoms with Crippen molar-refractivity contribution >= 4 is 17.7 Å². The highest BCUT2D eigenvalue weighted by Crippen LogP contribution is 2.19. The zero-order valence-corrected chi connectivity index (χ0v) is 17.1. The van der Waals surface area contributed by atoms with Gasteiger partial charge in [-0.1, -0.05) is 44.7 Å². The maximum Gasteiger partial charge on any atom is 0.333 e. The molecule has 0 heterocycles. The van der Waals surface area contributed by atoms with Gasteiger partial charge in [0.2, 0.25) is 0 Å². The molecule has 0 aliphatic heterocycles. The van der Waals surface area contributed by atoms with Gasteiger partial charge in [0.15, 0.2) is 0 Å². The fourth-order valence-corrected chi connectivity index (χ4v) is 2.69. The number of nitrogens with zero attached hydrogens (tertiary/aromatic N) is 1. The molecule has 0 aromatic heterocycles. The molecule has 28 heavy (non-hydrogen) atoms. The summed E-state index contributed by atoms with van der Waals surface area (Å²) in [5.41, 5.74) is 2.53. The van der Waals surface area contributed by atoms with Gasteiger partial charge in [-0.05, 0) is 36.8 Å². The van der Waals surface area contributed by atoms with Crippen LogP contribution in [-0.4, -0.2) is 47.4 Å². The van der Waals surface area contributed by atoms with Crippen LogP contribution in [0.1, 0.15) is 57.1 Å². The first-order chi connectivity index (χ1) is 13.2. The van der Waals surface area contributed by atoms with Crippen molar-refractivity contribution in [2.75, 3.05) is 19.7 Å². The number of carboxylic acid groups (broad SMARTS) is 1. The lowest BCUT2D eigenvalue weighted by molar-refractivity contribution is -0.140. The zero-order valence-electron chi connectivity index (χ0n) is 17.1. The Morgan fingerprint density at radius 3 is 2.36 bits per heavy atom. The van der Waals surface area contributed by atoms with Gasteiger partial charge in [0, 0.05) is 18.5 Å². The van der Waals surface area contributed by atoms with Gasteiger partial charge >= 0.3 is 11.9 Å². The molecule has 1 N–H and O–H groups in total. The first-order valence-electron chi connectivity index (χ1n) is 9.60. The van der Waals surface area contributed by atoms with Crippen LogP contribution in [0.25, 0.3) is 0 Å². The molecule has 6 nitrogen and oxygen atoms in total. The first kappa shape index (κ1) is 23.6. The van der Waals surface area contributed by atoms with Crippen LogP contribution in [0.4, 0.5) is 0 Å². The summed E-state index contributed by atoms with van der Waals surface area (Å²) >= 11 is 0. The normalized spacial score (nSPS) is 11.9. The molecule has 0 bridgehead atoms. The number of ether oxygens (including phenoxy) is 1. The smallest absolute Gasteiger partial charge is 0.333 e. The van der Waals surface area contributed by atoms with Gasteiger partial charge in [0.1, 0.15) is 5.78 Å². The number of carbonyl (C=O) groups is 3. The van der Waals surface area contributed by atoms with E-state index in [2.05, 4.69) is 32.6 Å². The molecule has 0 amide bonds. The Hall–Kier alpha value is -2.47. The minimum absolute atomic E-state index is 0.0495. The predicted octanol–water partition coefficient (Wildman–Crippen LogP) is 3.56. The lowest BCUT2D eigenvalue weighted by Crippen LogP contribution is -2.34. The van der Waals surface area contributed by atoms with E-state index in [9.17, 15) is 14.4 Å². The quantitative estimate of drug-likeness (QED) is 0.315. The number of ketones is 1. The lowest BCUT2D eigenvalue weighted by Gasteiger charge is -2.20. The third-order valence-electron chi connectivity index (χ3n) is 4.51. The van der Waals surface area contributed by atoms with Crippen molar-refractivity contribution < 1.29 is 24.2 Å². The third-order valence-corrected chi connectivity index (χ3v) is 4.51. The van der Waals surface area contributed by atoms with Crippen LogP contribution < -0.4 is 0 Å². The number of hydrogen-bond donors (Lipinski definition) is 1. The number of aliphatic carboxylic acids is 1. The van der Waals surface area contributed by atoms with Crippen LogP contribution in [0.15, 0.2) is 36.4 Å². The predicted molar refractivity (Wildman–Crippen MR) is 108 cm³/mol. The molecule has 1 rings (SSSR count). The molecule has 1 aromatic carbocycles. The Labute approximate surface area is 167 Å². The van der Waals surface area contributed by atoms with Crippen LogP contribution >= 0.6 is 0 Å². The number of rotatable bonds is 13. The van der Waals surface area contributed by atoms with Crippen molar-refractivity contribution in [2.45, 2.75) is 52.5 Å². The van der Waals surface area contributed by atoms with Crippen molar-refractivity contribution in [3.05, 3.63) is 47.5 Å². The minimum atomic E-state index is -0.973. The average molecular weight is 389 g/mol. The van der Waals surface area contributed by atoms with Gasteiger partial charge in [-0.2, -0.15) is 0 Å². The van der Waals surface area contributed by atoms with Gasteiger partial charge in [-0.15, -0.1) is 0 Å². The van der Waals surface area contributed by atoms with E-state index in [-0.39, 0.29) is 31.9 Å². The number of carboxylic acids is 1. The van der Waals surface area contributed by atoms with Crippen molar-refractivity contribution in [2.24, 2.45) is 0 Å². The van der Waals surface area contributed by atoms with E-state index in [0.29, 0.717) is 24.5 Å². The van der Waals surface area contributed by atoms with Gasteiger partial charge in [-0.3, -0.25) is 14.5 Å². The molecule has 0 saturated heterocycles. The Bertz CT molecular complexity index is 681. The van der Waals surface area contributed by atoms with Crippen LogP contribution in [0.2, 0.25) is 0 Å². The van der Waals surface area contributed by atoms with Gasteiger partial charge in [0.25, 0.3) is 0 Å². The molecule has 0 saturated carbocycles. The summed E-state index contributed by atoms with van der Waals surface area (Å²) in [6.45, 7) is 9.74. The fraction of sp³-hybridized carbons (Fsp3) is 0.500. The molecule has 0 aliphatic carbocycles. The summed E-state index contributed by atoms with van der Waals surface area (Å²) in [6, 6.07) is 8.08. The van der Waals surface area contributed by atoms with Crippen molar-refractivity contribution in [1.29, 1.82) is 0 Å². The van der Waals surface area contributed by atoms with E-state index in [1.165, 1.54) is 5.56 Å². The number of hydrogen-bond acceptors (Lipinski definition) is 5. The summed E-state index contributed by atoms with van der Waals surface area (Å²) in [5.74, 6) is -1.05. The number of esters is 1. The molecule has 0 fully saturated rings. The Morgan fingerprint density at radius 2 is 1.82 bits per heavy atom. The first-order valence-corrected chi connectivity index (χ1v) is 9.60. The van der Waals surface area contributed by atoms with E-state index >= 15 is 0 Å². The highest BCUT2D eigenvalue weighted by atomic mass is 16.5. The number of Topliss-reactive ketones (excluding diaryl/α,β-unsaturated/α-hetero) is 1. The second-order valence-electron chi connectivity index (χ2n) is 7.15. The molecule has 1 atom stereocenters. The summed E-state index contributed by atoms with van der Waals surface area (Å²) in [6.07, 6.45) is 1.69. The van der Waals surface area contributed by atoms with Crippen LogP contribution in [0.5, 0.6) is 0 Å². The third kappa shape index (κ3) is 8.95. The van der Waals surface area contributed by atoms with E-state index < -0.39 is 11.9 Å². The van der Waals surface area contributed by atoms with Gasteiger partial charge in [0.05, 0.1) is 19.7 Å². The minimum Gasteiger partial charge on any atom is -0.480 e. The Morgan fingerprint density at radius 1 is 1.18 bits per heavy atom. The van der Waals surface area contributed by atoms with E-state index in [1.807, 2.05) is 12.1 Å². The molecule has 1 aromatic rings. The van der Waals surface area contributed by atoms with Crippen LogP contribution in [0, 0.1) is 0 Å². The number of carbonyl (C=O) groups excluding carboxylic acids is 2. The van der Waals surface area contributed by atoms with Crippen molar-refractivity contribution in [3.63, 3.8) is 0 Å². The average Bonchev–Trinajstić information content (AvgIpc) is 2.64. The molecular formula is C22H31NO5. The summed E-state index contributed by atoms with van der Waals surface area (Å²) in [4.78, 5) is 36.2. The number of benzene rings is 1. The second kappa shape index (κ2) is 12.1. The van der Waals surface area contributed by atoms with Crippen LogP contribution in [-0.2, 0) is 25.7 Å². The molecule has 6 heteroatoms. The maximum absolute atomic E-state index is 12.2. The Balaban J connectivity index is 2.55. The fourth-order valence-electron chi connectivity index (χ4n) is 2.69. The Kier molecular flexibility index (Phi) is 10.2. The van der Waals surface area contributed by atoms with Crippen molar-refractivity contribution in [1.82, 2.24) is 4.90 Å². The highest BCUT2D eigenvalue weighted by Gasteiger charge is 2.15. The van der Waals surface area contributed by atoms with E-state index in [0.717, 1.165) is 12.0 Å². The van der Waals surface area contributed by atoms with Gasteiger partial charge < -0.3 is 9.84 Å². The largest absolute Gasteiger partial charge is 0.480 e. The zero-order chi connectivity index (χ0) is 21.1. The molecule has 0 radical (unpaired) electrons. The molecule has 0 spiro atoms. The summed E-state index contributed by atoms with van der Waals surface area (Å²) in [5, 5.41) is 9.13. The summed E-state index contributed by atoms with van der Waals surface area (Å²) < 4.78 is 4.96. The molecule has 1 unspecified atom stereocenters. The maximum atomic E-state index is 12.2. The second-order valence-corrected chi connectivity index (χ2v) is 7.15. The van der Waals surface area contributed by atoms with E-state index in [1.54, 1.807) is 11.8 Å².